The lowest BCUT2D eigenvalue weighted by molar-refractivity contribution is 1.18. The number of hydrogen-bond acceptors (Lipinski definition) is 5. The predicted octanol–water partition coefficient (Wildman–Crippen LogP) is 2.42. The molecule has 80 valence electrons. The molecule has 0 aliphatic rings. The van der Waals surface area contributed by atoms with Crippen molar-refractivity contribution in [3.63, 3.8) is 0 Å². The Bertz CT molecular complexity index is 710. The van der Waals surface area contributed by atoms with Gasteiger partial charge in [0.2, 0.25) is 0 Å². The molecule has 3 heterocycles. The summed E-state index contributed by atoms with van der Waals surface area (Å²) in [7, 11) is 0. The zero-order chi connectivity index (χ0) is 11.1. The van der Waals surface area contributed by atoms with Crippen LogP contribution < -0.4 is 5.56 Å². The van der Waals surface area contributed by atoms with Crippen LogP contribution in [-0.4, -0.2) is 15.0 Å². The Kier molecular flexibility index (Phi) is 2.12. The van der Waals surface area contributed by atoms with Crippen molar-refractivity contribution in [3.05, 3.63) is 34.0 Å². The van der Waals surface area contributed by atoms with Gasteiger partial charge in [0.25, 0.3) is 5.56 Å². The third kappa shape index (κ3) is 1.46. The number of fused-ring (bicyclic) bond motifs is 1. The lowest BCUT2D eigenvalue weighted by atomic mass is 10.4. The van der Waals surface area contributed by atoms with E-state index in [0.717, 1.165) is 20.3 Å². The number of thiazole rings is 1. The van der Waals surface area contributed by atoms with Gasteiger partial charge in [0.05, 0.1) is 21.7 Å². The molecule has 0 bridgehead atoms. The van der Waals surface area contributed by atoms with E-state index in [1.807, 2.05) is 19.2 Å². The van der Waals surface area contributed by atoms with E-state index >= 15 is 0 Å². The van der Waals surface area contributed by atoms with E-state index < -0.39 is 0 Å². The van der Waals surface area contributed by atoms with E-state index in [-0.39, 0.29) is 5.56 Å². The molecular weight excluding hydrogens is 242 g/mol. The average molecular weight is 249 g/mol. The van der Waals surface area contributed by atoms with Crippen molar-refractivity contribution < 1.29 is 0 Å². The summed E-state index contributed by atoms with van der Waals surface area (Å²) in [5.41, 5.74) is 0.664. The van der Waals surface area contributed by atoms with Crippen LogP contribution in [0.1, 0.15) is 5.01 Å². The second-order valence-corrected chi connectivity index (χ2v) is 5.59. The van der Waals surface area contributed by atoms with Crippen LogP contribution in [0.2, 0.25) is 0 Å². The van der Waals surface area contributed by atoms with Crippen LogP contribution in [0.15, 0.2) is 23.4 Å². The molecule has 0 aromatic carbocycles. The SMILES string of the molecule is Cc1ncc(-c2cc3nc[nH]c(=O)c3s2)s1. The first-order valence-corrected chi connectivity index (χ1v) is 6.27. The predicted molar refractivity (Wildman–Crippen MR) is 66.1 cm³/mol. The summed E-state index contributed by atoms with van der Waals surface area (Å²) in [5.74, 6) is 0. The van der Waals surface area contributed by atoms with Crippen LogP contribution in [-0.2, 0) is 0 Å². The molecule has 6 heteroatoms. The molecular formula is C10H7N3OS2. The number of hydrogen-bond donors (Lipinski definition) is 1. The van der Waals surface area contributed by atoms with E-state index in [1.54, 1.807) is 11.3 Å². The second kappa shape index (κ2) is 3.50. The van der Waals surface area contributed by atoms with Gasteiger partial charge in [-0.05, 0) is 13.0 Å². The van der Waals surface area contributed by atoms with Crippen molar-refractivity contribution in [1.29, 1.82) is 0 Å². The Hall–Kier alpha value is -1.53. The summed E-state index contributed by atoms with van der Waals surface area (Å²) in [4.78, 5) is 24.6. The number of nitrogens with one attached hydrogen (secondary N) is 1. The lowest BCUT2D eigenvalue weighted by Gasteiger charge is -1.84. The Labute approximate surface area is 98.6 Å². The first-order chi connectivity index (χ1) is 7.74. The van der Waals surface area contributed by atoms with Gasteiger partial charge in [-0.25, -0.2) is 9.97 Å². The molecule has 0 fully saturated rings. The van der Waals surface area contributed by atoms with Crippen LogP contribution in [0.4, 0.5) is 0 Å². The number of H-pyrrole nitrogens is 1. The number of thiophene rings is 1. The molecule has 0 aliphatic carbocycles. The number of aromatic amines is 1. The largest absolute Gasteiger partial charge is 0.312 e. The Morgan fingerprint density at radius 3 is 2.81 bits per heavy atom. The smallest absolute Gasteiger partial charge is 0.268 e. The van der Waals surface area contributed by atoms with Crippen molar-refractivity contribution >= 4 is 32.9 Å². The summed E-state index contributed by atoms with van der Waals surface area (Å²) in [5, 5.41) is 1.02. The molecule has 0 radical (unpaired) electrons. The van der Waals surface area contributed by atoms with Gasteiger partial charge in [0, 0.05) is 11.1 Å². The first kappa shape index (κ1) is 9.68. The van der Waals surface area contributed by atoms with Crippen molar-refractivity contribution in [3.8, 4) is 9.75 Å². The molecule has 0 spiro atoms. The molecule has 3 aromatic rings. The Balaban J connectivity index is 2.26. The van der Waals surface area contributed by atoms with Gasteiger partial charge < -0.3 is 4.98 Å². The molecule has 16 heavy (non-hydrogen) atoms. The van der Waals surface area contributed by atoms with Crippen molar-refractivity contribution in [2.45, 2.75) is 6.92 Å². The normalized spacial score (nSPS) is 11.1. The van der Waals surface area contributed by atoms with Gasteiger partial charge in [0.15, 0.2) is 0 Å². The van der Waals surface area contributed by atoms with Gasteiger partial charge in [-0.15, -0.1) is 22.7 Å². The zero-order valence-electron chi connectivity index (χ0n) is 8.35. The molecule has 0 unspecified atom stereocenters. The minimum atomic E-state index is -0.0810. The molecule has 0 saturated heterocycles. The highest BCUT2D eigenvalue weighted by Gasteiger charge is 2.09. The fourth-order valence-electron chi connectivity index (χ4n) is 1.46. The van der Waals surface area contributed by atoms with Gasteiger partial charge >= 0.3 is 0 Å². The number of aryl methyl sites for hydroxylation is 1. The molecule has 4 nitrogen and oxygen atoms in total. The van der Waals surface area contributed by atoms with E-state index in [0.29, 0.717) is 4.70 Å². The monoisotopic (exact) mass is 249 g/mol. The van der Waals surface area contributed by atoms with Gasteiger partial charge in [-0.3, -0.25) is 4.79 Å². The minimum absolute atomic E-state index is 0.0810. The van der Waals surface area contributed by atoms with E-state index in [1.165, 1.54) is 17.7 Å². The summed E-state index contributed by atoms with van der Waals surface area (Å²) >= 11 is 3.08. The molecule has 3 rings (SSSR count). The van der Waals surface area contributed by atoms with Crippen LogP contribution in [0.3, 0.4) is 0 Å². The Morgan fingerprint density at radius 1 is 1.25 bits per heavy atom. The molecule has 1 N–H and O–H groups in total. The van der Waals surface area contributed by atoms with Gasteiger partial charge in [0.1, 0.15) is 4.70 Å². The quantitative estimate of drug-likeness (QED) is 0.720. The number of aromatic nitrogens is 3. The highest BCUT2D eigenvalue weighted by molar-refractivity contribution is 7.25. The van der Waals surface area contributed by atoms with Crippen molar-refractivity contribution in [2.75, 3.05) is 0 Å². The zero-order valence-corrected chi connectivity index (χ0v) is 9.98. The fraction of sp³-hybridized carbons (Fsp3) is 0.100. The average Bonchev–Trinajstić information content (AvgIpc) is 2.84. The number of nitrogens with zero attached hydrogens (tertiary/aromatic N) is 2. The molecule has 0 atom stereocenters. The highest BCUT2D eigenvalue weighted by atomic mass is 32.1. The van der Waals surface area contributed by atoms with E-state index in [9.17, 15) is 4.79 Å². The summed E-state index contributed by atoms with van der Waals surface area (Å²) in [6.45, 7) is 1.96. The van der Waals surface area contributed by atoms with Crippen LogP contribution in [0.5, 0.6) is 0 Å². The summed E-state index contributed by atoms with van der Waals surface area (Å²) < 4.78 is 0.670. The fourth-order valence-corrected chi connectivity index (χ4v) is 3.31. The maximum absolute atomic E-state index is 11.5. The van der Waals surface area contributed by atoms with Crippen LogP contribution >= 0.6 is 22.7 Å². The third-order valence-electron chi connectivity index (χ3n) is 2.18. The number of rotatable bonds is 1. The standard InChI is InChI=1S/C10H7N3OS2/c1-5-11-3-8(15-5)7-2-6-9(16-7)10(14)13-4-12-6/h2-4H,1H3,(H,12,13,14). The van der Waals surface area contributed by atoms with E-state index in [4.69, 9.17) is 0 Å². The maximum atomic E-state index is 11.5. The Morgan fingerprint density at radius 2 is 2.12 bits per heavy atom. The summed E-state index contributed by atoms with van der Waals surface area (Å²) in [6, 6.07) is 1.93. The van der Waals surface area contributed by atoms with Gasteiger partial charge in [-0.1, -0.05) is 0 Å². The van der Waals surface area contributed by atoms with E-state index in [2.05, 4.69) is 15.0 Å². The molecule has 0 amide bonds. The summed E-state index contributed by atoms with van der Waals surface area (Å²) in [6.07, 6.45) is 3.26. The third-order valence-corrected chi connectivity index (χ3v) is 4.41. The van der Waals surface area contributed by atoms with Crippen molar-refractivity contribution in [1.82, 2.24) is 15.0 Å². The molecule has 3 aromatic heterocycles. The van der Waals surface area contributed by atoms with Gasteiger partial charge in [-0.2, -0.15) is 0 Å². The van der Waals surface area contributed by atoms with Crippen molar-refractivity contribution in [2.24, 2.45) is 0 Å². The molecule has 0 saturated carbocycles. The second-order valence-electron chi connectivity index (χ2n) is 3.30. The topological polar surface area (TPSA) is 58.6 Å². The first-order valence-electron chi connectivity index (χ1n) is 4.64. The lowest BCUT2D eigenvalue weighted by Crippen LogP contribution is -2.02. The van der Waals surface area contributed by atoms with Crippen LogP contribution in [0.25, 0.3) is 20.0 Å². The highest BCUT2D eigenvalue weighted by Crippen LogP contribution is 2.33. The maximum Gasteiger partial charge on any atom is 0.268 e. The minimum Gasteiger partial charge on any atom is -0.312 e. The van der Waals surface area contributed by atoms with Crippen LogP contribution in [0, 0.1) is 6.92 Å². The molecule has 0 aliphatic heterocycles.